The van der Waals surface area contributed by atoms with E-state index in [0.29, 0.717) is 74.4 Å². The quantitative estimate of drug-likeness (QED) is 0.0400. The zero-order valence-corrected chi connectivity index (χ0v) is 82.8. The molecule has 0 spiro atoms. The fourth-order valence-electron chi connectivity index (χ4n) is 17.5. The maximum absolute atomic E-state index is 14.0. The third kappa shape index (κ3) is 22.5. The molecule has 5 fully saturated rings. The van der Waals surface area contributed by atoms with Gasteiger partial charge in [-0.15, -0.1) is 0 Å². The summed E-state index contributed by atoms with van der Waals surface area (Å²) in [5, 5.41) is 24.6. The zero-order chi connectivity index (χ0) is 97.5. The number of piperidine rings is 5. The number of carbonyl (C=O) groups excluding carboxylic acids is 5. The molecule has 5 amide bonds. The lowest BCUT2D eigenvalue weighted by Crippen LogP contribution is -2.43. The molecule has 0 radical (unpaired) electrons. The number of pyridine rings is 5. The van der Waals surface area contributed by atoms with Crippen LogP contribution in [0.1, 0.15) is 128 Å². The highest BCUT2D eigenvalue weighted by Gasteiger charge is 2.35. The summed E-state index contributed by atoms with van der Waals surface area (Å²) in [7, 11) is 1.38. The molecule has 15 aromatic rings. The van der Waals surface area contributed by atoms with Crippen LogP contribution in [0.25, 0.3) is 55.2 Å². The van der Waals surface area contributed by atoms with Gasteiger partial charge in [-0.3, -0.25) is 29.1 Å². The molecule has 3 aromatic carbocycles. The Hall–Kier alpha value is -12.2. The number of carbonyl (C=O) groups is 5. The van der Waals surface area contributed by atoms with E-state index in [-0.39, 0.29) is 81.1 Å². The largest absolute Gasteiger partial charge is 0.494 e. The number of methoxy groups -OCH3 is 1. The van der Waals surface area contributed by atoms with Gasteiger partial charge in [0.05, 0.1) is 136 Å². The third-order valence-corrected chi connectivity index (χ3v) is 27.1. The number of halogens is 11. The average molecular weight is 2230 g/mol. The Kier molecular flexibility index (Phi) is 31.1. The number of oxazole rings is 1. The van der Waals surface area contributed by atoms with Crippen molar-refractivity contribution in [3.05, 3.63) is 220 Å². The number of ether oxygens (including phenoxy) is 1. The molecule has 0 aliphatic carbocycles. The van der Waals surface area contributed by atoms with Gasteiger partial charge in [0.25, 0.3) is 29.5 Å². The predicted octanol–water partition coefficient (Wildman–Crippen LogP) is 17.5. The lowest BCUT2D eigenvalue weighted by molar-refractivity contribution is -0.137. The van der Waals surface area contributed by atoms with Crippen LogP contribution in [0.2, 0.25) is 5.02 Å². The molecule has 138 heavy (non-hydrogen) atoms. The van der Waals surface area contributed by atoms with Crippen molar-refractivity contribution in [2.75, 3.05) is 124 Å². The van der Waals surface area contributed by atoms with Crippen LogP contribution in [-0.2, 0) is 6.18 Å². The number of rotatable bonds is 16. The number of nitrogens with one attached hydrogen (secondary N) is 11. The van der Waals surface area contributed by atoms with Crippen LogP contribution < -0.4 is 84.5 Å². The second-order valence-corrected chi connectivity index (χ2v) is 38.4. The lowest BCUT2D eigenvalue weighted by Gasteiger charge is -2.33. The number of aryl methyl sites for hydroxylation is 1. The average Bonchev–Trinajstić information content (AvgIpc) is 1.55. The minimum absolute atomic E-state index is 0.0379. The standard InChI is InChI=1S/C20H19BrF3N5O.C20H21BrFN5O2.C19H18BrClFN5O.C17H19BrN6O2.C16H18BrN7O/c21-14-8-26-18-16(17(14)29-6-2-5-13(25)10-29)15(9-27-18)28-19(30)11-3-1-4-12(7-11)20(22,23)24;1-29-16-5-4-11(7-14(16)22)20(28)26-15-9-25-19-17(15)18(13(21)8-24-19)27-6-2-3-12(23)10-27;20-12-7-24-18-16(17(12)27-5-1-2-11(23)9-27)15(8-25-18)26-19(28)10-3-4-14(22)13(21)6-10;1-9-22-13(8-26-9)17(25)23-12-6-21-16-14(12)15(11(18)5-20-16)24-4-2-3-10(19)7-24;17-11-6-19-15-13(14(11)24-3-1-2-10(18)8-24)12(7-20-15)23-16(25)9-4-21-22-5-9/h1,3-4,7-9,13H,2,5-6,10,25H2,(H,26,27)(H,28,30);4-5,7-9,12H,2-3,6,10,23H2,1H3,(H,24,25)(H,26,28);3-4,6-8,11H,1-2,5,9,23H2,(H,24,25)(H,26,28);5-6,8,10H,2-4,7,19H2,1H3,(H,20,21)(H,23,25);4-7,10H,1-3,8,18H2,(H,19,20)(H,21,22)(H,23,25)/t13-;12-;11-;2*10-/m11111/s1. The first-order valence-corrected chi connectivity index (χ1v) is 48.4. The molecule has 0 unspecified atom stereocenters. The van der Waals surface area contributed by atoms with Crippen molar-refractivity contribution in [2.45, 2.75) is 108 Å². The molecule has 5 saturated heterocycles. The van der Waals surface area contributed by atoms with Crippen LogP contribution in [0.3, 0.4) is 0 Å². The second kappa shape index (κ2) is 43.5. The van der Waals surface area contributed by atoms with Crippen molar-refractivity contribution in [3.8, 4) is 5.75 Å². The van der Waals surface area contributed by atoms with Crippen molar-refractivity contribution in [3.63, 3.8) is 0 Å². The van der Waals surface area contributed by atoms with E-state index in [1.807, 2.05) is 0 Å². The van der Waals surface area contributed by atoms with Gasteiger partial charge in [-0.1, -0.05) is 17.7 Å². The molecule has 20 rings (SSSR count). The number of amides is 5. The van der Waals surface area contributed by atoms with Gasteiger partial charge in [-0.05, 0) is 198 Å². The number of anilines is 10. The normalized spacial score (nSPS) is 17.3. The summed E-state index contributed by atoms with van der Waals surface area (Å²) in [6, 6.07) is 12.8. The van der Waals surface area contributed by atoms with Gasteiger partial charge in [-0.2, -0.15) is 18.3 Å². The van der Waals surface area contributed by atoms with E-state index < -0.39 is 35.2 Å². The number of nitrogens with zero attached hydrogens (tertiary/aromatic N) is 12. The van der Waals surface area contributed by atoms with Gasteiger partial charge in [0.15, 0.2) is 23.2 Å². The molecule has 17 heterocycles. The Morgan fingerprint density at radius 1 is 0.435 bits per heavy atom. The first-order valence-electron chi connectivity index (χ1n) is 44.1. The Morgan fingerprint density at radius 3 is 1.06 bits per heavy atom. The first-order chi connectivity index (χ1) is 66.3. The number of alkyl halides is 3. The van der Waals surface area contributed by atoms with Gasteiger partial charge < -0.3 is 114 Å². The molecule has 5 aliphatic heterocycles. The molecule has 5 aliphatic rings. The van der Waals surface area contributed by atoms with E-state index in [2.05, 4.69) is 196 Å². The smallest absolute Gasteiger partial charge is 0.416 e. The topological polar surface area (TPSA) is 499 Å². The number of hydrogen-bond acceptors (Lipinski definition) is 24. The summed E-state index contributed by atoms with van der Waals surface area (Å²) in [5.74, 6) is -2.62. The number of nitrogens with two attached hydrogens (primary N) is 5. The maximum atomic E-state index is 14.0. The highest BCUT2D eigenvalue weighted by molar-refractivity contribution is 9.11. The van der Waals surface area contributed by atoms with E-state index in [4.69, 9.17) is 49.4 Å². The van der Waals surface area contributed by atoms with E-state index in [9.17, 15) is 45.9 Å². The molecular formula is C92H95Br5ClF5N28O7. The van der Waals surface area contributed by atoms with E-state index in [0.717, 1.165) is 219 Å². The summed E-state index contributed by atoms with van der Waals surface area (Å²) in [6.45, 7) is 9.71. The first kappa shape index (κ1) is 98.9. The summed E-state index contributed by atoms with van der Waals surface area (Å²) in [5.41, 5.74) is 41.9. The molecule has 21 N–H and O–H groups in total. The number of hydrogen-bond donors (Lipinski definition) is 16. The summed E-state index contributed by atoms with van der Waals surface area (Å²) in [4.78, 5) is 116. The number of aromatic amines is 6. The number of fused-ring (bicyclic) bond motifs is 5. The molecule has 0 saturated carbocycles. The van der Waals surface area contributed by atoms with E-state index >= 15 is 0 Å². The molecule has 722 valence electrons. The van der Waals surface area contributed by atoms with Gasteiger partial charge in [0.1, 0.15) is 40.3 Å². The Labute approximate surface area is 832 Å². The maximum Gasteiger partial charge on any atom is 0.416 e. The fourth-order valence-corrected chi connectivity index (χ4v) is 20.4. The summed E-state index contributed by atoms with van der Waals surface area (Å²) < 4.78 is 80.5. The number of aromatic nitrogens is 13. The zero-order valence-electron chi connectivity index (χ0n) is 74.1. The highest BCUT2D eigenvalue weighted by Crippen LogP contribution is 2.46. The predicted molar refractivity (Wildman–Crippen MR) is 541 cm³/mol. The minimum Gasteiger partial charge on any atom is -0.494 e. The van der Waals surface area contributed by atoms with Gasteiger partial charge in [0, 0.05) is 187 Å². The van der Waals surface area contributed by atoms with Crippen molar-refractivity contribution >= 4 is 233 Å². The molecular weight excluding hydrogens is 2140 g/mol. The second-order valence-electron chi connectivity index (χ2n) is 33.7. The van der Waals surface area contributed by atoms with Gasteiger partial charge >= 0.3 is 6.18 Å². The van der Waals surface area contributed by atoms with Crippen molar-refractivity contribution < 1.29 is 55.1 Å². The van der Waals surface area contributed by atoms with Crippen LogP contribution in [0.4, 0.5) is 78.8 Å². The molecule has 5 atom stereocenters. The van der Waals surface area contributed by atoms with Crippen LogP contribution in [0.15, 0.2) is 168 Å². The molecule has 46 heteroatoms. The van der Waals surface area contributed by atoms with Crippen LogP contribution in [0, 0.1) is 18.6 Å². The highest BCUT2D eigenvalue weighted by atomic mass is 79.9. The van der Waals surface area contributed by atoms with Gasteiger partial charge in [0.2, 0.25) is 0 Å². The van der Waals surface area contributed by atoms with E-state index in [1.54, 1.807) is 75.1 Å². The van der Waals surface area contributed by atoms with Crippen molar-refractivity contribution in [1.82, 2.24) is 65.0 Å². The number of H-pyrrole nitrogens is 6. The lowest BCUT2D eigenvalue weighted by atomic mass is 10.1. The van der Waals surface area contributed by atoms with Crippen molar-refractivity contribution in [1.29, 1.82) is 0 Å². The Balaban J connectivity index is 0.000000125. The minimum atomic E-state index is -4.52. The summed E-state index contributed by atoms with van der Waals surface area (Å²) in [6.07, 6.45) is 27.0. The van der Waals surface area contributed by atoms with Crippen molar-refractivity contribution in [2.24, 2.45) is 28.7 Å². The molecule has 0 bridgehead atoms. The Bertz CT molecular complexity index is 7000. The number of benzene rings is 3. The Morgan fingerprint density at radius 2 is 0.761 bits per heavy atom. The third-order valence-electron chi connectivity index (χ3n) is 23.9. The molecule has 12 aromatic heterocycles. The van der Waals surface area contributed by atoms with E-state index in [1.165, 1.54) is 62.0 Å². The van der Waals surface area contributed by atoms with Crippen LogP contribution in [-0.4, -0.2) is 197 Å². The monoisotopic (exact) mass is 2230 g/mol. The summed E-state index contributed by atoms with van der Waals surface area (Å²) >= 11 is 23.7. The van der Waals surface area contributed by atoms with Crippen LogP contribution >= 0.6 is 91.3 Å². The van der Waals surface area contributed by atoms with Crippen LogP contribution in [0.5, 0.6) is 5.75 Å². The molecule has 35 nitrogen and oxygen atoms in total. The SMILES string of the molecule is COc1ccc(C(=O)Nc2c[nH]c3ncc(Br)c(N4CCC[C@@H](N)C4)c23)cc1F.Cc1nc(C(=O)Nc2c[nH]c3ncc(Br)c(N4CCC[C@@H](N)C4)c23)co1.N[C@@H]1CCCN(c2c(Br)cnc3[nH]cc(NC(=O)c4ccc(F)c(Cl)c4)c23)C1.N[C@@H]1CCCN(c2c(Br)cnc3[nH]cc(NC(=O)c4cccc(C(F)(F)F)c4)c23)C1.N[C@@H]1CCCN(c2c(Br)cnc3[nH]cc(NC(=O)c4cn[nH]c4)c23)C1. The fraction of sp³-hybridized carbons (Fsp3) is 0.304. The van der Waals surface area contributed by atoms with Gasteiger partial charge in [-0.25, -0.2) is 38.7 Å².